The third kappa shape index (κ3) is 4.71. The average molecular weight is 487 g/mol. The van der Waals surface area contributed by atoms with E-state index in [9.17, 15) is 9.90 Å². The highest BCUT2D eigenvalue weighted by Gasteiger charge is 2.52. The molecule has 3 aromatic rings. The number of aliphatic carboxylic acids is 1. The number of nitrogens with one attached hydrogen (secondary N) is 1. The van der Waals surface area contributed by atoms with Crippen molar-refractivity contribution in [3.63, 3.8) is 0 Å². The Kier molecular flexibility index (Phi) is 7.25. The number of ether oxygens (including phenoxy) is 2. The standard InChI is InChI=1S/C30H34N2O4/c1-35-24-13-14-26(36-2)23(17-24)19-31-28-22-15-16-32(25(18-22)30(33)34)29(28)27(20-9-5-3-6-10-20)21-11-7-4-8-12-21/h3-14,17,22,25,27-29,31H,15-16,18-19H2,1-2H3,(H,33,34)/t22-,25?,28-,29-/m0/s1. The number of carboxylic acid groups (broad SMARTS) is 1. The zero-order chi connectivity index (χ0) is 25.1. The maximum Gasteiger partial charge on any atom is 0.320 e. The van der Waals surface area contributed by atoms with Crippen LogP contribution in [0.15, 0.2) is 78.9 Å². The van der Waals surface area contributed by atoms with Gasteiger partial charge < -0.3 is 19.9 Å². The Bertz CT molecular complexity index is 1130. The molecule has 3 fully saturated rings. The maximum atomic E-state index is 12.3. The van der Waals surface area contributed by atoms with Gasteiger partial charge in [0, 0.05) is 30.1 Å². The fourth-order valence-corrected chi connectivity index (χ4v) is 6.26. The smallest absolute Gasteiger partial charge is 0.320 e. The molecule has 3 aliphatic heterocycles. The van der Waals surface area contributed by atoms with E-state index in [4.69, 9.17) is 9.47 Å². The molecule has 188 valence electrons. The van der Waals surface area contributed by atoms with Crippen molar-refractivity contribution in [1.82, 2.24) is 10.2 Å². The van der Waals surface area contributed by atoms with Gasteiger partial charge in [-0.15, -0.1) is 0 Å². The van der Waals surface area contributed by atoms with E-state index in [2.05, 4.69) is 58.7 Å². The number of benzene rings is 3. The van der Waals surface area contributed by atoms with E-state index in [1.54, 1.807) is 14.2 Å². The second-order valence-corrected chi connectivity index (χ2v) is 9.75. The topological polar surface area (TPSA) is 71.0 Å². The Labute approximate surface area is 212 Å². The van der Waals surface area contributed by atoms with Gasteiger partial charge >= 0.3 is 5.97 Å². The molecule has 6 rings (SSSR count). The molecule has 3 saturated heterocycles. The van der Waals surface area contributed by atoms with Crippen LogP contribution in [0.4, 0.5) is 0 Å². The number of fused-ring (bicyclic) bond motifs is 3. The van der Waals surface area contributed by atoms with Gasteiger partial charge in [0.15, 0.2) is 0 Å². The predicted molar refractivity (Wildman–Crippen MR) is 140 cm³/mol. The Morgan fingerprint density at radius 2 is 1.67 bits per heavy atom. The molecule has 2 bridgehead atoms. The molecule has 3 aliphatic rings. The highest BCUT2D eigenvalue weighted by atomic mass is 16.5. The first-order chi connectivity index (χ1) is 17.6. The van der Waals surface area contributed by atoms with Crippen LogP contribution in [0.2, 0.25) is 0 Å². The number of hydrogen-bond acceptors (Lipinski definition) is 5. The average Bonchev–Trinajstić information content (AvgIpc) is 2.93. The summed E-state index contributed by atoms with van der Waals surface area (Å²) in [5.41, 5.74) is 3.44. The lowest BCUT2D eigenvalue weighted by Gasteiger charge is -2.56. The van der Waals surface area contributed by atoms with E-state index in [0.29, 0.717) is 13.0 Å². The van der Waals surface area contributed by atoms with Crippen LogP contribution in [-0.4, -0.2) is 54.9 Å². The van der Waals surface area contributed by atoms with Crippen LogP contribution in [0.25, 0.3) is 0 Å². The Hall–Kier alpha value is -3.35. The first-order valence-electron chi connectivity index (χ1n) is 12.6. The fraction of sp³-hybridized carbons (Fsp3) is 0.367. The molecule has 3 heterocycles. The molecule has 0 saturated carbocycles. The minimum Gasteiger partial charge on any atom is -0.497 e. The second kappa shape index (κ2) is 10.7. The summed E-state index contributed by atoms with van der Waals surface area (Å²) < 4.78 is 11.1. The van der Waals surface area contributed by atoms with Gasteiger partial charge in [-0.25, -0.2) is 0 Å². The second-order valence-electron chi connectivity index (χ2n) is 9.75. The lowest BCUT2D eigenvalue weighted by atomic mass is 9.68. The molecule has 0 aromatic heterocycles. The SMILES string of the molecule is COc1ccc(OC)c(CN[C@H]2[C@H]3CCN(C(C(=O)O)C3)[C@H]2C(c2ccccc2)c2ccccc2)c1. The van der Waals surface area contributed by atoms with Gasteiger partial charge in [0.2, 0.25) is 0 Å². The van der Waals surface area contributed by atoms with Crippen molar-refractivity contribution in [2.24, 2.45) is 5.92 Å². The van der Waals surface area contributed by atoms with Crippen molar-refractivity contribution in [2.45, 2.75) is 43.4 Å². The Balaban J connectivity index is 1.54. The van der Waals surface area contributed by atoms with Crippen LogP contribution in [-0.2, 0) is 11.3 Å². The van der Waals surface area contributed by atoms with Crippen molar-refractivity contribution in [2.75, 3.05) is 20.8 Å². The van der Waals surface area contributed by atoms with Crippen LogP contribution in [0.1, 0.15) is 35.4 Å². The summed E-state index contributed by atoms with van der Waals surface area (Å²) in [6, 6.07) is 26.5. The first kappa shape index (κ1) is 24.3. The number of carboxylic acids is 1. The van der Waals surface area contributed by atoms with Crippen molar-refractivity contribution in [3.8, 4) is 11.5 Å². The van der Waals surface area contributed by atoms with Gasteiger partial charge in [-0.05, 0) is 54.6 Å². The Morgan fingerprint density at radius 3 is 2.25 bits per heavy atom. The third-order valence-corrected chi connectivity index (χ3v) is 7.90. The summed E-state index contributed by atoms with van der Waals surface area (Å²) in [5, 5.41) is 14.0. The maximum absolute atomic E-state index is 12.3. The summed E-state index contributed by atoms with van der Waals surface area (Å²) in [7, 11) is 3.35. The number of methoxy groups -OCH3 is 2. The van der Waals surface area contributed by atoms with Gasteiger partial charge in [-0.3, -0.25) is 9.69 Å². The highest BCUT2D eigenvalue weighted by molar-refractivity contribution is 5.74. The molecular formula is C30H34N2O4. The quantitative estimate of drug-likeness (QED) is 0.463. The third-order valence-electron chi connectivity index (χ3n) is 7.90. The van der Waals surface area contributed by atoms with Crippen molar-refractivity contribution < 1.29 is 19.4 Å². The first-order valence-corrected chi connectivity index (χ1v) is 12.6. The lowest BCUT2D eigenvalue weighted by Crippen LogP contribution is -2.69. The predicted octanol–water partition coefficient (Wildman–Crippen LogP) is 4.54. The lowest BCUT2D eigenvalue weighted by molar-refractivity contribution is -0.152. The summed E-state index contributed by atoms with van der Waals surface area (Å²) in [4.78, 5) is 14.6. The molecule has 0 radical (unpaired) electrons. The zero-order valence-corrected chi connectivity index (χ0v) is 20.8. The van der Waals surface area contributed by atoms with Crippen LogP contribution in [0, 0.1) is 5.92 Å². The van der Waals surface area contributed by atoms with E-state index in [1.807, 2.05) is 30.3 Å². The van der Waals surface area contributed by atoms with Gasteiger partial charge in [-0.2, -0.15) is 0 Å². The molecule has 2 N–H and O–H groups in total. The van der Waals surface area contributed by atoms with Crippen molar-refractivity contribution >= 4 is 5.97 Å². The number of nitrogens with zero attached hydrogens (tertiary/aromatic N) is 1. The molecule has 6 heteroatoms. The molecule has 6 nitrogen and oxygen atoms in total. The van der Waals surface area contributed by atoms with E-state index in [-0.39, 0.29) is 23.9 Å². The molecular weight excluding hydrogens is 452 g/mol. The highest BCUT2D eigenvalue weighted by Crippen LogP contribution is 2.44. The molecule has 0 amide bonds. The summed E-state index contributed by atoms with van der Waals surface area (Å²) in [5.74, 6) is 1.19. The molecule has 2 unspecified atom stereocenters. The van der Waals surface area contributed by atoms with Crippen LogP contribution in [0.5, 0.6) is 11.5 Å². The normalized spacial score (nSPS) is 25.0. The molecule has 3 aromatic carbocycles. The molecule has 5 atom stereocenters. The zero-order valence-electron chi connectivity index (χ0n) is 20.8. The van der Waals surface area contributed by atoms with Gasteiger partial charge in [0.1, 0.15) is 17.5 Å². The molecule has 0 aliphatic carbocycles. The largest absolute Gasteiger partial charge is 0.497 e. The van der Waals surface area contributed by atoms with Gasteiger partial charge in [0.05, 0.1) is 14.2 Å². The van der Waals surface area contributed by atoms with E-state index in [0.717, 1.165) is 30.0 Å². The molecule has 36 heavy (non-hydrogen) atoms. The van der Waals surface area contributed by atoms with Gasteiger partial charge in [0.25, 0.3) is 0 Å². The minimum atomic E-state index is -0.725. The van der Waals surface area contributed by atoms with Crippen molar-refractivity contribution in [3.05, 3.63) is 95.6 Å². The van der Waals surface area contributed by atoms with E-state index >= 15 is 0 Å². The number of rotatable bonds is 9. The summed E-state index contributed by atoms with van der Waals surface area (Å²) in [6.45, 7) is 1.41. The van der Waals surface area contributed by atoms with Gasteiger partial charge in [-0.1, -0.05) is 60.7 Å². The minimum absolute atomic E-state index is 0.00000249. The van der Waals surface area contributed by atoms with Crippen LogP contribution < -0.4 is 14.8 Å². The van der Waals surface area contributed by atoms with Crippen LogP contribution in [0.3, 0.4) is 0 Å². The molecule has 0 spiro atoms. The number of piperidine rings is 3. The Morgan fingerprint density at radius 1 is 1.00 bits per heavy atom. The monoisotopic (exact) mass is 486 g/mol. The van der Waals surface area contributed by atoms with Crippen molar-refractivity contribution in [1.29, 1.82) is 0 Å². The van der Waals surface area contributed by atoms with E-state index in [1.165, 1.54) is 11.1 Å². The number of hydrogen-bond donors (Lipinski definition) is 2. The summed E-state index contributed by atoms with van der Waals surface area (Å²) >= 11 is 0. The number of carbonyl (C=O) groups is 1. The fourth-order valence-electron chi connectivity index (χ4n) is 6.26. The van der Waals surface area contributed by atoms with Crippen LogP contribution >= 0.6 is 0 Å². The summed E-state index contributed by atoms with van der Waals surface area (Å²) in [6.07, 6.45) is 1.65. The van der Waals surface area contributed by atoms with E-state index < -0.39 is 12.0 Å².